The smallest absolute Gasteiger partial charge is 0.305 e. The number of carbonyl (C=O) groups is 1. The van der Waals surface area contributed by atoms with Gasteiger partial charge in [0.2, 0.25) is 0 Å². The molecule has 0 aliphatic carbocycles. The first kappa shape index (κ1) is 37.5. The lowest BCUT2D eigenvalue weighted by Gasteiger charge is -2.05. The Bertz CT molecular complexity index is 433. The van der Waals surface area contributed by atoms with Crippen molar-refractivity contribution in [3.05, 3.63) is 0 Å². The molecule has 0 aromatic carbocycles. The van der Waals surface area contributed by atoms with Crippen molar-refractivity contribution in [2.75, 3.05) is 6.61 Å². The van der Waals surface area contributed by atoms with E-state index in [1.165, 1.54) is 193 Å². The fourth-order valence-corrected chi connectivity index (χ4v) is 5.70. The third-order valence-corrected chi connectivity index (χ3v) is 8.29. The number of esters is 1. The van der Waals surface area contributed by atoms with Crippen LogP contribution in [0.4, 0.5) is 0 Å². The summed E-state index contributed by atoms with van der Waals surface area (Å²) < 4.78 is 4.97. The van der Waals surface area contributed by atoms with Crippen molar-refractivity contribution in [1.82, 2.24) is 0 Å². The van der Waals surface area contributed by atoms with Crippen LogP contribution in [-0.4, -0.2) is 12.6 Å². The summed E-state index contributed by atoms with van der Waals surface area (Å²) in [4.78, 5) is 11.3. The first-order valence-corrected chi connectivity index (χ1v) is 18.0. The molecule has 2 nitrogen and oxygen atoms in total. The molecule has 0 fully saturated rings. The lowest BCUT2D eigenvalue weighted by molar-refractivity contribution is -0.143. The average Bonchev–Trinajstić information content (AvgIpc) is 2.92. The zero-order valence-corrected chi connectivity index (χ0v) is 26.7. The number of hydrogen-bond donors (Lipinski definition) is 0. The molecule has 0 aliphatic heterocycles. The number of ether oxygens (including phenoxy) is 1. The zero-order valence-electron chi connectivity index (χ0n) is 26.7. The van der Waals surface area contributed by atoms with Gasteiger partial charge >= 0.3 is 5.97 Å². The molecule has 0 spiro atoms. The Morgan fingerprint density at radius 2 is 0.553 bits per heavy atom. The van der Waals surface area contributed by atoms with E-state index in [0.717, 1.165) is 6.42 Å². The van der Waals surface area contributed by atoms with Crippen LogP contribution >= 0.6 is 0 Å². The molecule has 0 saturated heterocycles. The monoisotopic (exact) mass is 537 g/mol. The predicted molar refractivity (Wildman–Crippen MR) is 170 cm³/mol. The van der Waals surface area contributed by atoms with E-state index in [2.05, 4.69) is 6.92 Å². The Hall–Kier alpha value is -0.530. The molecule has 0 unspecified atom stereocenters. The van der Waals surface area contributed by atoms with Crippen LogP contribution < -0.4 is 0 Å². The second-order valence-corrected chi connectivity index (χ2v) is 12.2. The molecule has 0 amide bonds. The summed E-state index contributed by atoms with van der Waals surface area (Å²) in [7, 11) is 0. The predicted octanol–water partition coefficient (Wildman–Crippen LogP) is 13.1. The molecule has 0 aromatic heterocycles. The topological polar surface area (TPSA) is 26.3 Å². The summed E-state index contributed by atoms with van der Waals surface area (Å²) in [6, 6.07) is 0. The highest BCUT2D eigenvalue weighted by Crippen LogP contribution is 2.16. The van der Waals surface area contributed by atoms with Gasteiger partial charge in [-0.25, -0.2) is 0 Å². The van der Waals surface area contributed by atoms with E-state index >= 15 is 0 Å². The Morgan fingerprint density at radius 1 is 0.342 bits per heavy atom. The van der Waals surface area contributed by atoms with E-state index in [0.29, 0.717) is 13.0 Å². The van der Waals surface area contributed by atoms with Crippen molar-refractivity contribution in [3.63, 3.8) is 0 Å². The molecule has 38 heavy (non-hydrogen) atoms. The first-order chi connectivity index (χ1) is 18.8. The van der Waals surface area contributed by atoms with Crippen LogP contribution in [0.3, 0.4) is 0 Å². The van der Waals surface area contributed by atoms with Crippen LogP contribution in [-0.2, 0) is 9.53 Å². The van der Waals surface area contributed by atoms with Crippen molar-refractivity contribution in [3.8, 4) is 0 Å². The van der Waals surface area contributed by atoms with Crippen LogP contribution in [0.15, 0.2) is 0 Å². The molecular weight excluding hydrogens is 464 g/mol. The largest absolute Gasteiger partial charge is 0.466 e. The Morgan fingerprint density at radius 3 is 0.763 bits per heavy atom. The SMILES string of the molecule is CCCCCCCCCCCCCCCCCCCCCCCCCCCCCCCCCC(=O)OCC. The van der Waals surface area contributed by atoms with Gasteiger partial charge in [-0.3, -0.25) is 4.79 Å². The van der Waals surface area contributed by atoms with Crippen LogP contribution in [0.2, 0.25) is 0 Å². The van der Waals surface area contributed by atoms with E-state index in [-0.39, 0.29) is 5.97 Å². The van der Waals surface area contributed by atoms with Crippen LogP contribution in [0.5, 0.6) is 0 Å². The van der Waals surface area contributed by atoms with Crippen molar-refractivity contribution in [2.45, 2.75) is 219 Å². The fourth-order valence-electron chi connectivity index (χ4n) is 5.70. The zero-order chi connectivity index (χ0) is 27.6. The molecule has 0 aromatic rings. The molecule has 2 heteroatoms. The summed E-state index contributed by atoms with van der Waals surface area (Å²) in [6.07, 6.45) is 44.7. The van der Waals surface area contributed by atoms with Gasteiger partial charge in [0, 0.05) is 6.42 Å². The van der Waals surface area contributed by atoms with Gasteiger partial charge < -0.3 is 4.74 Å². The van der Waals surface area contributed by atoms with Crippen LogP contribution in [0.1, 0.15) is 219 Å². The number of hydrogen-bond acceptors (Lipinski definition) is 2. The second-order valence-electron chi connectivity index (χ2n) is 12.2. The van der Waals surface area contributed by atoms with Crippen molar-refractivity contribution < 1.29 is 9.53 Å². The maximum Gasteiger partial charge on any atom is 0.305 e. The average molecular weight is 537 g/mol. The maximum absolute atomic E-state index is 11.3. The van der Waals surface area contributed by atoms with Gasteiger partial charge in [0.15, 0.2) is 0 Å². The quantitative estimate of drug-likeness (QED) is 0.0615. The van der Waals surface area contributed by atoms with Gasteiger partial charge in [0.05, 0.1) is 6.61 Å². The summed E-state index contributed by atoms with van der Waals surface area (Å²) in [5.41, 5.74) is 0. The van der Waals surface area contributed by atoms with E-state index in [1.807, 2.05) is 6.92 Å². The standard InChI is InChI=1S/C36H72O2/c1-3-5-6-7-8-9-10-11-12-13-14-15-16-17-18-19-20-21-22-23-24-25-26-27-28-29-30-31-32-33-34-35-36(37)38-4-2/h3-35H2,1-2H3. The number of carbonyl (C=O) groups excluding carboxylic acids is 1. The van der Waals surface area contributed by atoms with E-state index in [1.54, 1.807) is 0 Å². The Kier molecular flexibility index (Phi) is 34.0. The molecule has 0 N–H and O–H groups in total. The van der Waals surface area contributed by atoms with Gasteiger partial charge in [-0.2, -0.15) is 0 Å². The molecular formula is C36H72O2. The first-order valence-electron chi connectivity index (χ1n) is 18.0. The number of rotatable bonds is 33. The molecule has 228 valence electrons. The van der Waals surface area contributed by atoms with Crippen molar-refractivity contribution in [2.24, 2.45) is 0 Å². The lowest BCUT2D eigenvalue weighted by Crippen LogP contribution is -2.03. The van der Waals surface area contributed by atoms with Gasteiger partial charge in [0.1, 0.15) is 0 Å². The minimum atomic E-state index is -0.0251. The molecule has 0 heterocycles. The lowest BCUT2D eigenvalue weighted by atomic mass is 10.0. The highest BCUT2D eigenvalue weighted by atomic mass is 16.5. The fraction of sp³-hybridized carbons (Fsp3) is 0.972. The van der Waals surface area contributed by atoms with E-state index in [4.69, 9.17) is 4.74 Å². The molecule has 0 aliphatic rings. The summed E-state index contributed by atoms with van der Waals surface area (Å²) in [5.74, 6) is -0.0251. The second kappa shape index (κ2) is 34.5. The summed E-state index contributed by atoms with van der Waals surface area (Å²) in [6.45, 7) is 4.69. The highest BCUT2D eigenvalue weighted by molar-refractivity contribution is 5.69. The van der Waals surface area contributed by atoms with Gasteiger partial charge in [0.25, 0.3) is 0 Å². The molecule has 0 radical (unpaired) electrons. The minimum Gasteiger partial charge on any atom is -0.466 e. The minimum absolute atomic E-state index is 0.0251. The normalized spacial score (nSPS) is 11.3. The number of unbranched alkanes of at least 4 members (excludes halogenated alkanes) is 30. The molecule has 0 bridgehead atoms. The van der Waals surface area contributed by atoms with Gasteiger partial charge in [-0.1, -0.05) is 200 Å². The summed E-state index contributed by atoms with van der Waals surface area (Å²) in [5, 5.41) is 0. The highest BCUT2D eigenvalue weighted by Gasteiger charge is 2.01. The molecule has 0 atom stereocenters. The van der Waals surface area contributed by atoms with Crippen LogP contribution in [0.25, 0.3) is 0 Å². The van der Waals surface area contributed by atoms with E-state index in [9.17, 15) is 4.79 Å². The van der Waals surface area contributed by atoms with Gasteiger partial charge in [-0.15, -0.1) is 0 Å². The van der Waals surface area contributed by atoms with Crippen LogP contribution in [0, 0.1) is 0 Å². The Balaban J connectivity index is 3.04. The van der Waals surface area contributed by atoms with Gasteiger partial charge in [-0.05, 0) is 13.3 Å². The van der Waals surface area contributed by atoms with Crippen molar-refractivity contribution in [1.29, 1.82) is 0 Å². The Labute approximate surface area is 241 Å². The van der Waals surface area contributed by atoms with Crippen molar-refractivity contribution >= 4 is 5.97 Å². The van der Waals surface area contributed by atoms with E-state index < -0.39 is 0 Å². The third kappa shape index (κ3) is 33.5. The third-order valence-electron chi connectivity index (χ3n) is 8.29. The molecule has 0 saturated carbocycles. The maximum atomic E-state index is 11.3. The summed E-state index contributed by atoms with van der Waals surface area (Å²) >= 11 is 0. The molecule has 0 rings (SSSR count).